The van der Waals surface area contributed by atoms with Crippen LogP contribution in [0.5, 0.6) is 11.5 Å². The minimum Gasteiger partial charge on any atom is -0.497 e. The minimum atomic E-state index is 0.0819. The lowest BCUT2D eigenvalue weighted by atomic mass is 10.1. The Kier molecular flexibility index (Phi) is 7.29. The number of nitrogens with zero attached hydrogens (tertiary/aromatic N) is 4. The third-order valence-electron chi connectivity index (χ3n) is 6.17. The Labute approximate surface area is 195 Å². The SMILES string of the molecule is COc1ccc(OCCN2CCN(C(=O)c3c(C)nn(Cc4ccccc4)c3C)CC2)cc1. The lowest BCUT2D eigenvalue weighted by molar-refractivity contribution is 0.0618. The molecule has 0 unspecified atom stereocenters. The molecule has 0 bridgehead atoms. The molecule has 0 N–H and O–H groups in total. The number of methoxy groups -OCH3 is 1. The Morgan fingerprint density at radius 1 is 0.939 bits per heavy atom. The van der Waals surface area contributed by atoms with Gasteiger partial charge in [0, 0.05) is 38.4 Å². The lowest BCUT2D eigenvalue weighted by Gasteiger charge is -2.34. The summed E-state index contributed by atoms with van der Waals surface area (Å²) in [5.74, 6) is 1.74. The van der Waals surface area contributed by atoms with Crippen molar-refractivity contribution in [3.05, 3.63) is 77.1 Å². The van der Waals surface area contributed by atoms with Crippen molar-refractivity contribution in [2.45, 2.75) is 20.4 Å². The molecule has 1 saturated heterocycles. The monoisotopic (exact) mass is 448 g/mol. The average Bonchev–Trinajstić information content (AvgIpc) is 3.12. The lowest BCUT2D eigenvalue weighted by Crippen LogP contribution is -2.49. The Bertz CT molecular complexity index is 1060. The number of hydrogen-bond acceptors (Lipinski definition) is 5. The van der Waals surface area contributed by atoms with Gasteiger partial charge in [0.25, 0.3) is 5.91 Å². The Hall–Kier alpha value is -3.32. The predicted molar refractivity (Wildman–Crippen MR) is 128 cm³/mol. The highest BCUT2D eigenvalue weighted by Gasteiger charge is 2.26. The number of aryl methyl sites for hydroxylation is 1. The molecule has 33 heavy (non-hydrogen) atoms. The zero-order chi connectivity index (χ0) is 23.2. The summed E-state index contributed by atoms with van der Waals surface area (Å²) in [7, 11) is 1.65. The van der Waals surface area contributed by atoms with Gasteiger partial charge in [-0.1, -0.05) is 30.3 Å². The van der Waals surface area contributed by atoms with Crippen molar-refractivity contribution < 1.29 is 14.3 Å². The largest absolute Gasteiger partial charge is 0.497 e. The minimum absolute atomic E-state index is 0.0819. The van der Waals surface area contributed by atoms with Gasteiger partial charge in [-0.15, -0.1) is 0 Å². The standard InChI is InChI=1S/C26H32N4O3/c1-20-25(21(2)30(27-20)19-22-7-5-4-6-8-22)26(31)29-15-13-28(14-16-29)17-18-33-24-11-9-23(32-3)10-12-24/h4-12H,13-19H2,1-3H3. The van der Waals surface area contributed by atoms with Gasteiger partial charge in [-0.25, -0.2) is 0 Å². The van der Waals surface area contributed by atoms with E-state index in [9.17, 15) is 4.79 Å². The summed E-state index contributed by atoms with van der Waals surface area (Å²) in [6, 6.07) is 17.8. The van der Waals surface area contributed by atoms with E-state index < -0.39 is 0 Å². The maximum Gasteiger partial charge on any atom is 0.257 e. The van der Waals surface area contributed by atoms with E-state index in [1.54, 1.807) is 7.11 Å². The summed E-state index contributed by atoms with van der Waals surface area (Å²) in [6.45, 7) is 9.14. The van der Waals surface area contributed by atoms with Crippen LogP contribution >= 0.6 is 0 Å². The van der Waals surface area contributed by atoms with Crippen molar-refractivity contribution in [1.29, 1.82) is 0 Å². The molecule has 2 heterocycles. The van der Waals surface area contributed by atoms with E-state index in [1.807, 2.05) is 65.9 Å². The Morgan fingerprint density at radius 2 is 1.61 bits per heavy atom. The molecule has 1 amide bonds. The van der Waals surface area contributed by atoms with Crippen molar-refractivity contribution in [3.63, 3.8) is 0 Å². The van der Waals surface area contributed by atoms with Gasteiger partial charge in [-0.2, -0.15) is 5.10 Å². The van der Waals surface area contributed by atoms with Crippen molar-refractivity contribution in [2.75, 3.05) is 46.4 Å². The van der Waals surface area contributed by atoms with Gasteiger partial charge in [-0.05, 0) is 43.7 Å². The van der Waals surface area contributed by atoms with Crippen molar-refractivity contribution in [1.82, 2.24) is 19.6 Å². The first-order valence-corrected chi connectivity index (χ1v) is 11.4. The van der Waals surface area contributed by atoms with Crippen LogP contribution in [-0.4, -0.2) is 71.9 Å². The summed E-state index contributed by atoms with van der Waals surface area (Å²) in [4.78, 5) is 17.6. The molecule has 1 fully saturated rings. The van der Waals surface area contributed by atoms with Crippen LogP contribution in [0.15, 0.2) is 54.6 Å². The summed E-state index contributed by atoms with van der Waals surface area (Å²) in [5, 5.41) is 4.65. The Balaban J connectivity index is 1.28. The summed E-state index contributed by atoms with van der Waals surface area (Å²) in [6.07, 6.45) is 0. The van der Waals surface area contributed by atoms with Gasteiger partial charge in [-0.3, -0.25) is 14.4 Å². The first-order chi connectivity index (χ1) is 16.0. The highest BCUT2D eigenvalue weighted by atomic mass is 16.5. The van der Waals surface area contributed by atoms with E-state index in [-0.39, 0.29) is 5.91 Å². The third kappa shape index (κ3) is 5.54. The molecule has 0 radical (unpaired) electrons. The second kappa shape index (κ2) is 10.5. The first-order valence-electron chi connectivity index (χ1n) is 11.4. The summed E-state index contributed by atoms with van der Waals surface area (Å²) >= 11 is 0. The highest BCUT2D eigenvalue weighted by molar-refractivity contribution is 5.96. The zero-order valence-corrected chi connectivity index (χ0v) is 19.7. The molecule has 0 spiro atoms. The molecule has 0 atom stereocenters. The van der Waals surface area contributed by atoms with Crippen LogP contribution in [0, 0.1) is 13.8 Å². The van der Waals surface area contributed by atoms with E-state index in [1.165, 1.54) is 5.56 Å². The Morgan fingerprint density at radius 3 is 2.27 bits per heavy atom. The quantitative estimate of drug-likeness (QED) is 0.529. The number of aromatic nitrogens is 2. The zero-order valence-electron chi connectivity index (χ0n) is 19.7. The number of rotatable bonds is 8. The third-order valence-corrected chi connectivity index (χ3v) is 6.17. The average molecular weight is 449 g/mol. The van der Waals surface area contributed by atoms with Crippen LogP contribution < -0.4 is 9.47 Å². The van der Waals surface area contributed by atoms with Crippen molar-refractivity contribution in [2.24, 2.45) is 0 Å². The summed E-state index contributed by atoms with van der Waals surface area (Å²) < 4.78 is 13.0. The summed E-state index contributed by atoms with van der Waals surface area (Å²) in [5.41, 5.74) is 3.63. The number of benzene rings is 2. The van der Waals surface area contributed by atoms with E-state index in [0.717, 1.165) is 48.1 Å². The maximum atomic E-state index is 13.3. The molecule has 0 aliphatic carbocycles. The molecule has 7 heteroatoms. The fourth-order valence-corrected chi connectivity index (χ4v) is 4.21. The second-order valence-electron chi connectivity index (χ2n) is 8.35. The highest BCUT2D eigenvalue weighted by Crippen LogP contribution is 2.19. The number of piperazine rings is 1. The number of ether oxygens (including phenoxy) is 2. The number of hydrogen-bond donors (Lipinski definition) is 0. The van der Waals surface area contributed by atoms with Gasteiger partial charge in [0.2, 0.25) is 0 Å². The molecule has 0 saturated carbocycles. The van der Waals surface area contributed by atoms with Gasteiger partial charge < -0.3 is 14.4 Å². The molecule has 7 nitrogen and oxygen atoms in total. The molecule has 3 aromatic rings. The number of carbonyl (C=O) groups excluding carboxylic acids is 1. The number of amides is 1. The fraction of sp³-hybridized carbons (Fsp3) is 0.385. The second-order valence-corrected chi connectivity index (χ2v) is 8.35. The number of carbonyl (C=O) groups is 1. The molecule has 4 rings (SSSR count). The van der Waals surface area contributed by atoms with E-state index in [2.05, 4.69) is 22.1 Å². The van der Waals surface area contributed by atoms with E-state index in [0.29, 0.717) is 26.2 Å². The molecule has 1 aliphatic heterocycles. The predicted octanol–water partition coefficient (Wildman–Crippen LogP) is 3.39. The molecule has 1 aromatic heterocycles. The molecule has 174 valence electrons. The van der Waals surface area contributed by atoms with Crippen LogP contribution in [0.1, 0.15) is 27.3 Å². The smallest absolute Gasteiger partial charge is 0.257 e. The van der Waals surface area contributed by atoms with Gasteiger partial charge in [0.05, 0.1) is 24.9 Å². The van der Waals surface area contributed by atoms with Crippen LogP contribution in [-0.2, 0) is 6.54 Å². The molecule has 2 aromatic carbocycles. The molecular formula is C26H32N4O3. The molecular weight excluding hydrogens is 416 g/mol. The van der Waals surface area contributed by atoms with Crippen LogP contribution in [0.3, 0.4) is 0 Å². The maximum absolute atomic E-state index is 13.3. The van der Waals surface area contributed by atoms with Crippen LogP contribution in [0.4, 0.5) is 0 Å². The van der Waals surface area contributed by atoms with Gasteiger partial charge in [0.1, 0.15) is 18.1 Å². The van der Waals surface area contributed by atoms with Crippen LogP contribution in [0.25, 0.3) is 0 Å². The fourth-order valence-electron chi connectivity index (χ4n) is 4.21. The topological polar surface area (TPSA) is 59.8 Å². The van der Waals surface area contributed by atoms with Gasteiger partial charge >= 0.3 is 0 Å². The van der Waals surface area contributed by atoms with Crippen molar-refractivity contribution in [3.8, 4) is 11.5 Å². The molecule has 1 aliphatic rings. The first kappa shape index (κ1) is 22.9. The van der Waals surface area contributed by atoms with Crippen molar-refractivity contribution >= 4 is 5.91 Å². The van der Waals surface area contributed by atoms with Crippen LogP contribution in [0.2, 0.25) is 0 Å². The van der Waals surface area contributed by atoms with E-state index in [4.69, 9.17) is 9.47 Å². The van der Waals surface area contributed by atoms with Gasteiger partial charge in [0.15, 0.2) is 0 Å². The van der Waals surface area contributed by atoms with E-state index >= 15 is 0 Å². The normalized spacial score (nSPS) is 14.3.